The molecule has 1 saturated carbocycles. The number of nitrogens with one attached hydrogen (secondary N) is 1. The molecule has 0 aliphatic heterocycles. The number of amides is 1. The zero-order chi connectivity index (χ0) is 13.7. The van der Waals surface area contributed by atoms with Crippen molar-refractivity contribution >= 4 is 5.91 Å². The first kappa shape index (κ1) is 13.9. The predicted molar refractivity (Wildman–Crippen MR) is 73.2 cm³/mol. The van der Waals surface area contributed by atoms with Crippen LogP contribution in [-0.4, -0.2) is 21.4 Å². The summed E-state index contributed by atoms with van der Waals surface area (Å²) in [7, 11) is 0. The molecule has 0 aromatic carbocycles. The van der Waals surface area contributed by atoms with Crippen molar-refractivity contribution < 1.29 is 4.79 Å². The number of nitrogens with two attached hydrogens (primary N) is 1. The molecule has 1 fully saturated rings. The predicted octanol–water partition coefficient (Wildman–Crippen LogP) is 1.45. The van der Waals surface area contributed by atoms with Gasteiger partial charge < -0.3 is 11.1 Å². The number of aromatic nitrogens is 2. The molecule has 1 amide bonds. The molecule has 1 aliphatic rings. The van der Waals surface area contributed by atoms with E-state index in [9.17, 15) is 4.79 Å². The maximum Gasteiger partial charge on any atom is 0.222 e. The van der Waals surface area contributed by atoms with E-state index in [1.807, 2.05) is 13.0 Å². The molecule has 2 rings (SSSR count). The van der Waals surface area contributed by atoms with Crippen LogP contribution in [-0.2, 0) is 11.3 Å². The van der Waals surface area contributed by atoms with Crippen LogP contribution in [0, 0.1) is 6.92 Å². The smallest absolute Gasteiger partial charge is 0.222 e. The van der Waals surface area contributed by atoms with Crippen molar-refractivity contribution in [2.75, 3.05) is 0 Å². The Kier molecular flexibility index (Phi) is 4.47. The standard InChI is InChI=1S/C14H22N4O/c1-11-16-8-5-12(18-11)10-17-13(19)9-14(15)6-3-2-4-7-14/h5,8H,2-4,6-7,9-10,15H2,1H3,(H,17,19). The first-order valence-electron chi connectivity index (χ1n) is 6.92. The van der Waals surface area contributed by atoms with E-state index in [1.54, 1.807) is 6.20 Å². The van der Waals surface area contributed by atoms with E-state index in [0.717, 1.165) is 31.4 Å². The summed E-state index contributed by atoms with van der Waals surface area (Å²) in [5.41, 5.74) is 6.79. The number of nitrogens with zero attached hydrogens (tertiary/aromatic N) is 2. The number of carbonyl (C=O) groups is 1. The molecule has 1 aromatic heterocycles. The van der Waals surface area contributed by atoms with Gasteiger partial charge in [-0.15, -0.1) is 0 Å². The molecule has 104 valence electrons. The summed E-state index contributed by atoms with van der Waals surface area (Å²) in [6, 6.07) is 1.81. The summed E-state index contributed by atoms with van der Waals surface area (Å²) in [6.45, 7) is 2.28. The van der Waals surface area contributed by atoms with E-state index in [0.29, 0.717) is 18.8 Å². The van der Waals surface area contributed by atoms with E-state index in [-0.39, 0.29) is 11.4 Å². The summed E-state index contributed by atoms with van der Waals surface area (Å²) in [6.07, 6.45) is 7.52. The lowest BCUT2D eigenvalue weighted by atomic mass is 9.80. The lowest BCUT2D eigenvalue weighted by molar-refractivity contribution is -0.122. The Morgan fingerprint density at radius 2 is 2.16 bits per heavy atom. The molecule has 0 atom stereocenters. The van der Waals surface area contributed by atoms with Crippen molar-refractivity contribution in [3.05, 3.63) is 23.8 Å². The van der Waals surface area contributed by atoms with Crippen LogP contribution in [0.5, 0.6) is 0 Å². The zero-order valence-electron chi connectivity index (χ0n) is 11.5. The third-order valence-corrected chi connectivity index (χ3v) is 3.66. The highest BCUT2D eigenvalue weighted by molar-refractivity contribution is 5.77. The number of carbonyl (C=O) groups excluding carboxylic acids is 1. The van der Waals surface area contributed by atoms with Crippen molar-refractivity contribution in [2.24, 2.45) is 5.73 Å². The fourth-order valence-electron chi connectivity index (χ4n) is 2.61. The van der Waals surface area contributed by atoms with Gasteiger partial charge in [0.05, 0.1) is 12.2 Å². The van der Waals surface area contributed by atoms with Gasteiger partial charge in [0.1, 0.15) is 5.82 Å². The third-order valence-electron chi connectivity index (χ3n) is 3.66. The van der Waals surface area contributed by atoms with Crippen LogP contribution >= 0.6 is 0 Å². The van der Waals surface area contributed by atoms with Gasteiger partial charge in [0.15, 0.2) is 0 Å². The first-order chi connectivity index (χ1) is 9.07. The zero-order valence-corrected chi connectivity index (χ0v) is 11.5. The van der Waals surface area contributed by atoms with Gasteiger partial charge in [-0.25, -0.2) is 9.97 Å². The molecule has 1 heterocycles. The number of hydrogen-bond acceptors (Lipinski definition) is 4. The maximum absolute atomic E-state index is 11.9. The van der Waals surface area contributed by atoms with Crippen LogP contribution in [0.25, 0.3) is 0 Å². The molecule has 1 aliphatic carbocycles. The molecular formula is C14H22N4O. The van der Waals surface area contributed by atoms with Crippen molar-refractivity contribution in [2.45, 2.75) is 57.5 Å². The summed E-state index contributed by atoms with van der Waals surface area (Å²) >= 11 is 0. The maximum atomic E-state index is 11.9. The van der Waals surface area contributed by atoms with Gasteiger partial charge in [0, 0.05) is 18.2 Å². The Balaban J connectivity index is 1.81. The second kappa shape index (κ2) is 6.10. The van der Waals surface area contributed by atoms with E-state index < -0.39 is 0 Å². The highest BCUT2D eigenvalue weighted by Crippen LogP contribution is 2.28. The Labute approximate surface area is 114 Å². The minimum atomic E-state index is -0.302. The van der Waals surface area contributed by atoms with Gasteiger partial charge in [0.25, 0.3) is 0 Å². The first-order valence-corrected chi connectivity index (χ1v) is 6.92. The van der Waals surface area contributed by atoms with Gasteiger partial charge in [0.2, 0.25) is 5.91 Å². The van der Waals surface area contributed by atoms with Crippen LogP contribution in [0.3, 0.4) is 0 Å². The van der Waals surface area contributed by atoms with E-state index in [1.165, 1.54) is 6.42 Å². The number of hydrogen-bond donors (Lipinski definition) is 2. The number of aryl methyl sites for hydroxylation is 1. The van der Waals surface area contributed by atoms with Gasteiger partial charge >= 0.3 is 0 Å². The van der Waals surface area contributed by atoms with E-state index >= 15 is 0 Å². The average molecular weight is 262 g/mol. The fraction of sp³-hybridized carbons (Fsp3) is 0.643. The normalized spacial score (nSPS) is 18.0. The molecule has 5 nitrogen and oxygen atoms in total. The Hall–Kier alpha value is -1.49. The topological polar surface area (TPSA) is 80.9 Å². The lowest BCUT2D eigenvalue weighted by Gasteiger charge is -2.32. The molecule has 0 bridgehead atoms. The summed E-state index contributed by atoms with van der Waals surface area (Å²) < 4.78 is 0. The highest BCUT2D eigenvalue weighted by atomic mass is 16.1. The largest absolute Gasteiger partial charge is 0.350 e. The fourth-order valence-corrected chi connectivity index (χ4v) is 2.61. The third kappa shape index (κ3) is 4.28. The second-order valence-corrected chi connectivity index (χ2v) is 5.47. The van der Waals surface area contributed by atoms with E-state index in [2.05, 4.69) is 15.3 Å². The lowest BCUT2D eigenvalue weighted by Crippen LogP contribution is -2.45. The van der Waals surface area contributed by atoms with Crippen LogP contribution in [0.1, 0.15) is 50.0 Å². The van der Waals surface area contributed by atoms with Crippen LogP contribution < -0.4 is 11.1 Å². The Bertz CT molecular complexity index is 441. The van der Waals surface area contributed by atoms with Crippen molar-refractivity contribution in [1.82, 2.24) is 15.3 Å². The summed E-state index contributed by atoms with van der Waals surface area (Å²) in [5, 5.41) is 2.89. The van der Waals surface area contributed by atoms with Gasteiger partial charge in [-0.05, 0) is 25.8 Å². The van der Waals surface area contributed by atoms with Crippen LogP contribution in [0.4, 0.5) is 0 Å². The minimum Gasteiger partial charge on any atom is -0.350 e. The molecule has 0 spiro atoms. The monoisotopic (exact) mass is 262 g/mol. The molecule has 0 unspecified atom stereocenters. The molecule has 19 heavy (non-hydrogen) atoms. The SMILES string of the molecule is Cc1nccc(CNC(=O)CC2(N)CCCCC2)n1. The Morgan fingerprint density at radius 1 is 1.42 bits per heavy atom. The van der Waals surface area contributed by atoms with Crippen molar-refractivity contribution in [3.8, 4) is 0 Å². The van der Waals surface area contributed by atoms with Crippen molar-refractivity contribution in [1.29, 1.82) is 0 Å². The van der Waals surface area contributed by atoms with Crippen LogP contribution in [0.15, 0.2) is 12.3 Å². The van der Waals surface area contributed by atoms with Gasteiger partial charge in [-0.2, -0.15) is 0 Å². The number of rotatable bonds is 4. The van der Waals surface area contributed by atoms with Gasteiger partial charge in [-0.1, -0.05) is 19.3 Å². The van der Waals surface area contributed by atoms with Crippen LogP contribution in [0.2, 0.25) is 0 Å². The average Bonchev–Trinajstić information content (AvgIpc) is 2.37. The molecular weight excluding hydrogens is 240 g/mol. The molecule has 0 radical (unpaired) electrons. The molecule has 0 saturated heterocycles. The molecule has 3 N–H and O–H groups in total. The Morgan fingerprint density at radius 3 is 2.84 bits per heavy atom. The quantitative estimate of drug-likeness (QED) is 0.860. The summed E-state index contributed by atoms with van der Waals surface area (Å²) in [5.74, 6) is 0.731. The molecule has 5 heteroatoms. The second-order valence-electron chi connectivity index (χ2n) is 5.47. The summed E-state index contributed by atoms with van der Waals surface area (Å²) in [4.78, 5) is 20.2. The van der Waals surface area contributed by atoms with Gasteiger partial charge in [-0.3, -0.25) is 4.79 Å². The van der Waals surface area contributed by atoms with Crippen molar-refractivity contribution in [3.63, 3.8) is 0 Å². The minimum absolute atomic E-state index is 0.0145. The highest BCUT2D eigenvalue weighted by Gasteiger charge is 2.29. The van der Waals surface area contributed by atoms with E-state index in [4.69, 9.17) is 5.73 Å². The molecule has 1 aromatic rings.